The number of ether oxygens (including phenoxy) is 10. The standard InChI is InChI=1S/C56H98N4O20S5/c1-42(37-81-6)52(66)76-32-27-71-47(61)11-16-57-17-22-60(25-23-58(18-12-48(62)72-28-33-77-53(67)43(2)38-82-7)19-13-49(63)73-29-34-78-54(68)44(3)39-83-8)26-24-59(20-14-50(64)74-30-35-79-55(69)45(4)40-84-9)21-15-51(65)75-31-36-80-56(70)46(5)41-85-10/h42-46,57H,11-41H2,1-10H3. The molecule has 0 aromatic rings. The molecule has 0 rings (SSSR count). The van der Waals surface area contributed by atoms with Crippen molar-refractivity contribution in [2.24, 2.45) is 29.6 Å². The van der Waals surface area contributed by atoms with Gasteiger partial charge in [-0.3, -0.25) is 52.8 Å². The molecule has 0 spiro atoms. The molecule has 0 aliphatic carbocycles. The molecular formula is C56H98N4O20S5. The van der Waals surface area contributed by atoms with Crippen molar-refractivity contribution in [1.29, 1.82) is 0 Å². The highest BCUT2D eigenvalue weighted by Gasteiger charge is 2.21. The number of nitrogens with zero attached hydrogens (tertiary/aromatic N) is 3. The van der Waals surface area contributed by atoms with Crippen LogP contribution < -0.4 is 5.32 Å². The number of rotatable bonds is 54. The molecule has 29 heteroatoms. The summed E-state index contributed by atoms with van der Waals surface area (Å²) in [5.41, 5.74) is 0. The highest BCUT2D eigenvalue weighted by Crippen LogP contribution is 2.11. The van der Waals surface area contributed by atoms with Gasteiger partial charge in [0.2, 0.25) is 0 Å². The van der Waals surface area contributed by atoms with Crippen LogP contribution in [0.1, 0.15) is 66.7 Å². The first-order valence-corrected chi connectivity index (χ1v) is 35.6. The summed E-state index contributed by atoms with van der Waals surface area (Å²) in [4.78, 5) is 132. The summed E-state index contributed by atoms with van der Waals surface area (Å²) in [7, 11) is 0. The van der Waals surface area contributed by atoms with Gasteiger partial charge in [-0.05, 0) is 31.3 Å². The predicted octanol–water partition coefficient (Wildman–Crippen LogP) is 3.86. The van der Waals surface area contributed by atoms with Crippen LogP contribution in [0.3, 0.4) is 0 Å². The SMILES string of the molecule is CSCC(C)C(=O)OCCOC(=O)CCNCCN(CCN(CCC(=O)OCCOC(=O)C(C)CSC)CCC(=O)OCCOC(=O)C(C)CSC)CCN(CCC(=O)OCCOC(=O)C(C)CSC)CCC(=O)OCCOC(=O)C(C)CSC. The van der Waals surface area contributed by atoms with Gasteiger partial charge < -0.3 is 62.5 Å². The van der Waals surface area contributed by atoms with E-state index in [1.165, 1.54) is 58.8 Å². The Hall–Kier alpha value is -3.71. The molecule has 0 aromatic heterocycles. The average Bonchev–Trinajstić information content (AvgIpc) is 3.47. The van der Waals surface area contributed by atoms with Crippen LogP contribution in [0.25, 0.3) is 0 Å². The summed E-state index contributed by atoms with van der Waals surface area (Å²) in [5.74, 6) is -3.19. The molecule has 24 nitrogen and oxygen atoms in total. The number of hydrogen-bond acceptors (Lipinski definition) is 29. The van der Waals surface area contributed by atoms with Gasteiger partial charge in [-0.15, -0.1) is 0 Å². The molecule has 0 fully saturated rings. The molecular weight excluding hydrogens is 1210 g/mol. The fourth-order valence-corrected chi connectivity index (χ4v) is 10.5. The lowest BCUT2D eigenvalue weighted by atomic mass is 10.2. The summed E-state index contributed by atoms with van der Waals surface area (Å²) < 4.78 is 53.0. The summed E-state index contributed by atoms with van der Waals surface area (Å²) in [6, 6.07) is 0. The first-order valence-electron chi connectivity index (χ1n) is 28.6. The van der Waals surface area contributed by atoms with Gasteiger partial charge in [-0.1, -0.05) is 34.6 Å². The zero-order valence-electron chi connectivity index (χ0n) is 51.9. The van der Waals surface area contributed by atoms with E-state index in [0.29, 0.717) is 68.0 Å². The Labute approximate surface area is 525 Å². The van der Waals surface area contributed by atoms with Crippen LogP contribution in [0.4, 0.5) is 0 Å². The van der Waals surface area contributed by atoms with E-state index >= 15 is 0 Å². The summed E-state index contributed by atoms with van der Waals surface area (Å²) in [5, 5.41) is 3.26. The van der Waals surface area contributed by atoms with Gasteiger partial charge in [0.1, 0.15) is 66.1 Å². The quantitative estimate of drug-likeness (QED) is 0.0514. The first kappa shape index (κ1) is 81.3. The number of thioether (sulfide) groups is 5. The minimum Gasteiger partial charge on any atom is -0.462 e. The summed E-state index contributed by atoms with van der Waals surface area (Å²) in [6.07, 6.45) is 9.21. The van der Waals surface area contributed by atoms with Crippen molar-refractivity contribution >= 4 is 119 Å². The van der Waals surface area contributed by atoms with Crippen LogP contribution in [0, 0.1) is 29.6 Å². The zero-order valence-corrected chi connectivity index (χ0v) is 55.9. The third kappa shape index (κ3) is 45.2. The minimum absolute atomic E-state index is 0.0368. The van der Waals surface area contributed by atoms with E-state index in [1.54, 1.807) is 34.6 Å². The maximum Gasteiger partial charge on any atom is 0.309 e. The lowest BCUT2D eigenvalue weighted by Crippen LogP contribution is -2.44. The lowest BCUT2D eigenvalue weighted by Gasteiger charge is -2.30. The topological polar surface area (TPSA) is 285 Å². The molecule has 0 saturated carbocycles. The molecule has 5 unspecified atom stereocenters. The van der Waals surface area contributed by atoms with E-state index in [0.717, 1.165) is 0 Å². The monoisotopic (exact) mass is 1310 g/mol. The maximum atomic E-state index is 13.0. The molecule has 5 atom stereocenters. The van der Waals surface area contributed by atoms with Crippen molar-refractivity contribution in [3.8, 4) is 0 Å². The Kier molecular flexibility index (Phi) is 51.0. The van der Waals surface area contributed by atoms with Crippen molar-refractivity contribution in [3.05, 3.63) is 0 Å². The van der Waals surface area contributed by atoms with E-state index in [9.17, 15) is 47.9 Å². The molecule has 0 saturated heterocycles. The molecule has 0 aliphatic heterocycles. The first-order chi connectivity index (χ1) is 40.7. The molecule has 1 N–H and O–H groups in total. The van der Waals surface area contributed by atoms with E-state index < -0.39 is 53.7 Å². The Morgan fingerprint density at radius 2 is 0.482 bits per heavy atom. The number of hydrogen-bond donors (Lipinski definition) is 1. The Morgan fingerprint density at radius 3 is 0.706 bits per heavy atom. The largest absolute Gasteiger partial charge is 0.462 e. The zero-order chi connectivity index (χ0) is 63.6. The van der Waals surface area contributed by atoms with E-state index in [-0.39, 0.29) is 166 Å². The van der Waals surface area contributed by atoms with E-state index in [2.05, 4.69) is 10.2 Å². The van der Waals surface area contributed by atoms with Gasteiger partial charge in [0, 0.05) is 101 Å². The molecule has 492 valence electrons. The molecule has 0 radical (unpaired) electrons. The number of carbonyl (C=O) groups excluding carboxylic acids is 10. The Morgan fingerprint density at radius 1 is 0.282 bits per heavy atom. The van der Waals surface area contributed by atoms with Crippen molar-refractivity contribution in [2.45, 2.75) is 66.7 Å². The fraction of sp³-hybridized carbons (Fsp3) is 0.821. The molecule has 85 heavy (non-hydrogen) atoms. The fourth-order valence-electron chi connectivity index (χ4n) is 7.27. The van der Waals surface area contributed by atoms with Crippen LogP contribution in [-0.4, -0.2) is 272 Å². The lowest BCUT2D eigenvalue weighted by molar-refractivity contribution is -0.154. The number of carbonyl (C=O) groups is 10. The Bertz CT molecular complexity index is 1720. The molecule has 0 bridgehead atoms. The smallest absolute Gasteiger partial charge is 0.309 e. The average molecular weight is 1310 g/mol. The normalized spacial score (nSPS) is 13.0. The van der Waals surface area contributed by atoms with Crippen molar-refractivity contribution in [3.63, 3.8) is 0 Å². The maximum absolute atomic E-state index is 13.0. The van der Waals surface area contributed by atoms with Gasteiger partial charge >= 0.3 is 59.7 Å². The van der Waals surface area contributed by atoms with Gasteiger partial charge in [0.15, 0.2) is 0 Å². The molecule has 0 aliphatic rings. The third-order valence-corrected chi connectivity index (χ3v) is 16.3. The van der Waals surface area contributed by atoms with Crippen LogP contribution in [-0.2, 0) is 95.3 Å². The van der Waals surface area contributed by atoms with Crippen LogP contribution in [0.2, 0.25) is 0 Å². The summed E-state index contributed by atoms with van der Waals surface area (Å²) >= 11 is 7.58. The second kappa shape index (κ2) is 53.3. The molecule has 0 aromatic carbocycles. The second-order valence-electron chi connectivity index (χ2n) is 19.7. The van der Waals surface area contributed by atoms with Crippen LogP contribution in [0.5, 0.6) is 0 Å². The predicted molar refractivity (Wildman–Crippen MR) is 333 cm³/mol. The number of nitrogens with one attached hydrogen (secondary N) is 1. The van der Waals surface area contributed by atoms with Gasteiger partial charge in [0.05, 0.1) is 61.7 Å². The number of esters is 10. The van der Waals surface area contributed by atoms with Crippen molar-refractivity contribution in [2.75, 3.05) is 198 Å². The van der Waals surface area contributed by atoms with Crippen LogP contribution in [0.15, 0.2) is 0 Å². The molecule has 0 amide bonds. The van der Waals surface area contributed by atoms with Crippen molar-refractivity contribution < 1.29 is 95.3 Å². The third-order valence-electron chi connectivity index (χ3n) is 12.2. The van der Waals surface area contributed by atoms with Crippen LogP contribution >= 0.6 is 58.8 Å². The molecule has 0 heterocycles. The Balaban J connectivity index is 6.33. The van der Waals surface area contributed by atoms with Crippen molar-refractivity contribution in [1.82, 2.24) is 20.0 Å². The van der Waals surface area contributed by atoms with Gasteiger partial charge in [0.25, 0.3) is 0 Å². The summed E-state index contributed by atoms with van der Waals surface area (Å²) in [6.45, 7) is 10.9. The highest BCUT2D eigenvalue weighted by atomic mass is 32.2. The minimum atomic E-state index is -0.545. The van der Waals surface area contributed by atoms with E-state index in [1.807, 2.05) is 41.1 Å². The van der Waals surface area contributed by atoms with Gasteiger partial charge in [-0.25, -0.2) is 0 Å². The van der Waals surface area contributed by atoms with Gasteiger partial charge in [-0.2, -0.15) is 58.8 Å². The van der Waals surface area contributed by atoms with E-state index in [4.69, 9.17) is 47.4 Å². The second-order valence-corrected chi connectivity index (χ2v) is 24.3. The highest BCUT2D eigenvalue weighted by molar-refractivity contribution is 7.99.